The summed E-state index contributed by atoms with van der Waals surface area (Å²) in [5, 5.41) is 16.6. The van der Waals surface area contributed by atoms with Gasteiger partial charge in [0.05, 0.1) is 24.5 Å². The van der Waals surface area contributed by atoms with Gasteiger partial charge in [-0.05, 0) is 30.7 Å². The highest BCUT2D eigenvalue weighted by molar-refractivity contribution is 7.17. The largest absolute Gasteiger partial charge is 0.507 e. The third kappa shape index (κ3) is 3.41. The van der Waals surface area contributed by atoms with Crippen molar-refractivity contribution >= 4 is 27.8 Å². The van der Waals surface area contributed by atoms with E-state index in [2.05, 4.69) is 10.1 Å². The second-order valence-corrected chi connectivity index (χ2v) is 6.87. The third-order valence-corrected chi connectivity index (χ3v) is 4.95. The average molecular weight is 395 g/mol. The fourth-order valence-electron chi connectivity index (χ4n) is 2.69. The van der Waals surface area contributed by atoms with Gasteiger partial charge in [-0.2, -0.15) is 9.78 Å². The Labute approximate surface area is 164 Å². The Hall–Kier alpha value is -3.39. The molecule has 7 nitrogen and oxygen atoms in total. The maximum Gasteiger partial charge on any atom is 0.283 e. The van der Waals surface area contributed by atoms with Crippen molar-refractivity contribution in [2.24, 2.45) is 5.10 Å². The highest BCUT2D eigenvalue weighted by Crippen LogP contribution is 2.30. The molecule has 0 fully saturated rings. The number of furan rings is 1. The molecule has 0 amide bonds. The molecule has 28 heavy (non-hydrogen) atoms. The van der Waals surface area contributed by atoms with E-state index in [0.29, 0.717) is 39.5 Å². The molecule has 4 rings (SSSR count). The first-order valence-corrected chi connectivity index (χ1v) is 9.58. The number of nitrogens with zero attached hydrogens (tertiary/aromatic N) is 3. The van der Waals surface area contributed by atoms with Crippen molar-refractivity contribution in [3.63, 3.8) is 0 Å². The van der Waals surface area contributed by atoms with Crippen molar-refractivity contribution in [2.45, 2.75) is 13.3 Å². The van der Waals surface area contributed by atoms with Crippen LogP contribution in [-0.4, -0.2) is 27.6 Å². The van der Waals surface area contributed by atoms with Gasteiger partial charge in [0.1, 0.15) is 28.4 Å². The number of aromatic hydroxyl groups is 1. The zero-order valence-corrected chi connectivity index (χ0v) is 15.8. The molecule has 0 aliphatic carbocycles. The summed E-state index contributed by atoms with van der Waals surface area (Å²) in [6, 6.07) is 8.51. The first-order chi connectivity index (χ1) is 13.7. The lowest BCUT2D eigenvalue weighted by atomic mass is 10.2. The fourth-order valence-corrected chi connectivity index (χ4v) is 3.57. The summed E-state index contributed by atoms with van der Waals surface area (Å²) in [5.74, 6) is 1.21. The third-order valence-electron chi connectivity index (χ3n) is 4.06. The summed E-state index contributed by atoms with van der Waals surface area (Å²) in [6.07, 6.45) is 5.21. The summed E-state index contributed by atoms with van der Waals surface area (Å²) in [5.41, 5.74) is 0.844. The number of ether oxygens (including phenoxy) is 1. The predicted octanol–water partition coefficient (Wildman–Crippen LogP) is 4.09. The molecule has 3 heterocycles. The highest BCUT2D eigenvalue weighted by Gasteiger charge is 2.14. The Kier molecular flexibility index (Phi) is 4.94. The Balaban J connectivity index is 1.68. The van der Waals surface area contributed by atoms with E-state index in [1.807, 2.05) is 12.3 Å². The van der Waals surface area contributed by atoms with Crippen molar-refractivity contribution in [3.8, 4) is 22.8 Å². The number of thiophene rings is 1. The Morgan fingerprint density at radius 1 is 1.39 bits per heavy atom. The van der Waals surface area contributed by atoms with Gasteiger partial charge in [0, 0.05) is 22.6 Å². The molecule has 142 valence electrons. The second-order valence-electron chi connectivity index (χ2n) is 6.01. The predicted molar refractivity (Wildman–Crippen MR) is 108 cm³/mol. The molecule has 0 aliphatic heterocycles. The lowest BCUT2D eigenvalue weighted by molar-refractivity contribution is 0.315. The van der Waals surface area contributed by atoms with Gasteiger partial charge in [0.2, 0.25) is 0 Å². The summed E-state index contributed by atoms with van der Waals surface area (Å²) >= 11 is 1.37. The van der Waals surface area contributed by atoms with Crippen LogP contribution in [0.2, 0.25) is 0 Å². The van der Waals surface area contributed by atoms with E-state index in [-0.39, 0.29) is 11.3 Å². The molecule has 0 saturated heterocycles. The topological polar surface area (TPSA) is 89.9 Å². The van der Waals surface area contributed by atoms with E-state index in [0.717, 1.165) is 11.1 Å². The van der Waals surface area contributed by atoms with E-state index >= 15 is 0 Å². The minimum atomic E-state index is -0.309. The number of phenolic OH excluding ortho intramolecular Hbond substituents is 1. The SMILES string of the molecule is CCCOc1ccc(/C=N/n2cnc3scc(-c4ccco4)c3c2=O)c(O)c1. The monoisotopic (exact) mass is 395 g/mol. The summed E-state index contributed by atoms with van der Waals surface area (Å²) in [7, 11) is 0. The van der Waals surface area contributed by atoms with Crippen LogP contribution in [0.5, 0.6) is 11.5 Å². The van der Waals surface area contributed by atoms with Gasteiger partial charge in [-0.25, -0.2) is 4.98 Å². The summed E-state index contributed by atoms with van der Waals surface area (Å²) < 4.78 is 12.0. The van der Waals surface area contributed by atoms with Gasteiger partial charge < -0.3 is 14.3 Å². The number of hydrogen-bond donors (Lipinski definition) is 1. The number of fused-ring (bicyclic) bond motifs is 1. The molecule has 8 heteroatoms. The van der Waals surface area contributed by atoms with Gasteiger partial charge in [-0.15, -0.1) is 11.3 Å². The van der Waals surface area contributed by atoms with Crippen molar-refractivity contribution in [1.82, 2.24) is 9.66 Å². The van der Waals surface area contributed by atoms with Crippen LogP contribution in [0.15, 0.2) is 62.6 Å². The Morgan fingerprint density at radius 3 is 3.04 bits per heavy atom. The van der Waals surface area contributed by atoms with Crippen LogP contribution < -0.4 is 10.3 Å². The summed E-state index contributed by atoms with van der Waals surface area (Å²) in [6.45, 7) is 2.58. The number of aromatic nitrogens is 2. The highest BCUT2D eigenvalue weighted by atomic mass is 32.1. The normalized spacial score (nSPS) is 11.5. The van der Waals surface area contributed by atoms with E-state index in [9.17, 15) is 9.90 Å². The first kappa shape index (κ1) is 18.0. The molecule has 0 radical (unpaired) electrons. The van der Waals surface area contributed by atoms with Crippen LogP contribution in [0, 0.1) is 0 Å². The molecule has 4 aromatic rings. The maximum absolute atomic E-state index is 12.9. The van der Waals surface area contributed by atoms with Crippen LogP contribution in [-0.2, 0) is 0 Å². The molecule has 1 aromatic carbocycles. The van der Waals surface area contributed by atoms with Crippen molar-refractivity contribution in [3.05, 3.63) is 64.2 Å². The van der Waals surface area contributed by atoms with Crippen LogP contribution in [0.3, 0.4) is 0 Å². The standard InChI is InChI=1S/C20H17N3O4S/c1-2-7-26-14-6-5-13(16(24)9-14)10-22-23-12-21-19-18(20(23)25)15(11-28-19)17-4-3-8-27-17/h3-6,8-12,24H,2,7H2,1H3/b22-10+. The molecule has 0 spiro atoms. The zero-order valence-electron chi connectivity index (χ0n) is 15.0. The van der Waals surface area contributed by atoms with E-state index in [1.54, 1.807) is 30.5 Å². The zero-order chi connectivity index (χ0) is 19.5. The van der Waals surface area contributed by atoms with Crippen LogP contribution in [0.4, 0.5) is 0 Å². The molecule has 0 saturated carbocycles. The van der Waals surface area contributed by atoms with Crippen molar-refractivity contribution < 1.29 is 14.3 Å². The van der Waals surface area contributed by atoms with Crippen molar-refractivity contribution in [1.29, 1.82) is 0 Å². The van der Waals surface area contributed by atoms with Gasteiger partial charge >= 0.3 is 0 Å². The molecule has 0 atom stereocenters. The van der Waals surface area contributed by atoms with Gasteiger partial charge in [-0.3, -0.25) is 4.79 Å². The lowest BCUT2D eigenvalue weighted by Crippen LogP contribution is -2.16. The van der Waals surface area contributed by atoms with Crippen LogP contribution >= 0.6 is 11.3 Å². The molecular weight excluding hydrogens is 378 g/mol. The minimum absolute atomic E-state index is 0.0197. The van der Waals surface area contributed by atoms with Crippen LogP contribution in [0.25, 0.3) is 21.5 Å². The number of benzene rings is 1. The molecule has 0 bridgehead atoms. The Morgan fingerprint density at radius 2 is 2.29 bits per heavy atom. The number of rotatable bonds is 6. The van der Waals surface area contributed by atoms with Gasteiger partial charge in [0.25, 0.3) is 5.56 Å². The van der Waals surface area contributed by atoms with Crippen LogP contribution in [0.1, 0.15) is 18.9 Å². The second kappa shape index (κ2) is 7.69. The van der Waals surface area contributed by atoms with Gasteiger partial charge in [-0.1, -0.05) is 6.92 Å². The van der Waals surface area contributed by atoms with E-state index < -0.39 is 0 Å². The maximum atomic E-state index is 12.9. The van der Waals surface area contributed by atoms with E-state index in [1.165, 1.54) is 29.9 Å². The number of phenols is 1. The molecule has 0 aliphatic rings. The van der Waals surface area contributed by atoms with Gasteiger partial charge in [0.15, 0.2) is 0 Å². The quantitative estimate of drug-likeness (QED) is 0.497. The van der Waals surface area contributed by atoms with E-state index in [4.69, 9.17) is 9.15 Å². The molecule has 3 aromatic heterocycles. The molecule has 1 N–H and O–H groups in total. The lowest BCUT2D eigenvalue weighted by Gasteiger charge is -2.06. The fraction of sp³-hybridized carbons (Fsp3) is 0.150. The average Bonchev–Trinajstić information content (AvgIpc) is 3.36. The minimum Gasteiger partial charge on any atom is -0.507 e. The first-order valence-electron chi connectivity index (χ1n) is 8.70. The smallest absolute Gasteiger partial charge is 0.283 e. The summed E-state index contributed by atoms with van der Waals surface area (Å²) in [4.78, 5) is 17.8. The Bertz CT molecular complexity index is 1190. The van der Waals surface area contributed by atoms with Crippen molar-refractivity contribution in [2.75, 3.05) is 6.61 Å². The molecular formula is C20H17N3O4S. The molecule has 0 unspecified atom stereocenters. The number of hydrogen-bond acceptors (Lipinski definition) is 7.